The first-order valence-corrected chi connectivity index (χ1v) is 38.1. The maximum absolute atomic E-state index is 14.9. The summed E-state index contributed by atoms with van der Waals surface area (Å²) in [6.45, 7) is 2.77. The molecule has 24 N–H and O–H groups in total. The van der Waals surface area contributed by atoms with Gasteiger partial charge in [0.15, 0.2) is 5.78 Å². The van der Waals surface area contributed by atoms with E-state index in [4.69, 9.17) is 21.9 Å². The summed E-state index contributed by atoms with van der Waals surface area (Å²) in [5, 5.41) is 78.2. The number of nitrogen functional groups attached to an aromatic ring is 1. The van der Waals surface area contributed by atoms with Crippen LogP contribution >= 0.6 is 0 Å². The zero-order valence-corrected chi connectivity index (χ0v) is 65.3. The Hall–Kier alpha value is -12.4. The van der Waals surface area contributed by atoms with Crippen molar-refractivity contribution >= 4 is 130 Å². The Morgan fingerprint density at radius 1 is 0.547 bits per heavy atom. The van der Waals surface area contributed by atoms with Crippen molar-refractivity contribution in [2.24, 2.45) is 17.4 Å². The fourth-order valence-corrected chi connectivity index (χ4v) is 12.3. The molecule has 2 fully saturated rings. The summed E-state index contributed by atoms with van der Waals surface area (Å²) < 4.78 is 5.69. The van der Waals surface area contributed by atoms with Gasteiger partial charge in [0.1, 0.15) is 72.6 Å². The third-order valence-electron chi connectivity index (χ3n) is 18.6. The average Bonchev–Trinajstić information content (AvgIpc) is 1.85. The topological polar surface area (TPSA) is 689 Å². The highest BCUT2D eigenvalue weighted by Crippen LogP contribution is 2.23. The van der Waals surface area contributed by atoms with Gasteiger partial charge in [0, 0.05) is 49.3 Å². The van der Waals surface area contributed by atoms with E-state index < -0.39 is 261 Å². The molecule has 13 atom stereocenters. The molecular weight excluding hydrogens is 1540 g/mol. The molecule has 14 amide bonds. The van der Waals surface area contributed by atoms with Crippen molar-refractivity contribution in [3.8, 4) is 0 Å². The fraction of sp³-hybridized carbons (Fsp3) is 0.568. The van der Waals surface area contributed by atoms with Crippen LogP contribution in [0, 0.1) is 5.92 Å². The molecule has 2 aromatic rings. The maximum atomic E-state index is 14.9. The summed E-state index contributed by atoms with van der Waals surface area (Å²) in [7, 11) is 0. The number of benzene rings is 2. The van der Waals surface area contributed by atoms with E-state index in [2.05, 4.69) is 65.0 Å². The first kappa shape index (κ1) is 96.9. The third-order valence-corrected chi connectivity index (χ3v) is 18.6. The minimum absolute atomic E-state index is 0.00470. The van der Waals surface area contributed by atoms with Crippen molar-refractivity contribution in [3.05, 3.63) is 59.7 Å². The quantitative estimate of drug-likeness (QED) is 0.0131. The number of hydrogen-bond acceptors (Lipinski definition) is 25. The van der Waals surface area contributed by atoms with Gasteiger partial charge in [0.2, 0.25) is 82.7 Å². The van der Waals surface area contributed by atoms with Gasteiger partial charge < -0.3 is 121 Å². The van der Waals surface area contributed by atoms with E-state index >= 15 is 0 Å². The molecule has 0 aliphatic carbocycles. The number of unbranched alkanes of at least 4 members (excludes halogenated alkanes) is 6. The third kappa shape index (κ3) is 34.3. The summed E-state index contributed by atoms with van der Waals surface area (Å²) in [5.41, 5.74) is 18.4. The molecule has 0 saturated carbocycles. The molecule has 2 aliphatic rings. The maximum Gasteiger partial charge on any atom is 0.329 e. The molecule has 0 spiro atoms. The number of para-hydroxylation sites is 1. The molecule has 2 aliphatic heterocycles. The smallest absolute Gasteiger partial charge is 0.329 e. The largest absolute Gasteiger partial charge is 0.481 e. The van der Waals surface area contributed by atoms with Gasteiger partial charge in [0.25, 0.3) is 0 Å². The first-order valence-electron chi connectivity index (χ1n) is 38.1. The minimum atomic E-state index is -2.44. The summed E-state index contributed by atoms with van der Waals surface area (Å²) in [6.07, 6.45) is -1.82. The lowest BCUT2D eigenvalue weighted by Gasteiger charge is -2.30. The lowest BCUT2D eigenvalue weighted by molar-refractivity contribution is -0.156. The van der Waals surface area contributed by atoms with Crippen molar-refractivity contribution in [1.82, 2.24) is 69.1 Å². The molecule has 0 bridgehead atoms. The normalized spacial score (nSPS) is 21.7. The highest BCUT2D eigenvalue weighted by atomic mass is 16.5. The van der Waals surface area contributed by atoms with Gasteiger partial charge in [-0.15, -0.1) is 0 Å². The van der Waals surface area contributed by atoms with Crippen LogP contribution in [0.5, 0.6) is 0 Å². The molecule has 4 rings (SSSR count). The number of aliphatic carboxylic acids is 4. The van der Waals surface area contributed by atoms with Crippen LogP contribution in [0.4, 0.5) is 11.4 Å². The van der Waals surface area contributed by atoms with E-state index in [0.29, 0.717) is 18.4 Å². The molecule has 0 radical (unpaired) electrons. The van der Waals surface area contributed by atoms with Gasteiger partial charge in [-0.05, 0) is 88.2 Å². The standard InChI is InChI=1S/C74H107N17O26/c1-5-6-7-8-9-10-11-20-55(95)82-46(29-41-21-23-42(24-22-41)91-26-14-15-27-91)68(110)85-47(31-54(77)94)69(111)87-50(34-61(104)105)70(112)90-63-40(4)117-74(116)51(30-53(93)43-17-12-13-18-44(43)76)88-73(115)62(38(2)28-58(98)99)89-71(113)52(37-92)83-57(97)35-78-65(107)48(32-59(100)101)84-64(106)39(3)80-67(109)49(33-60(102)103)86-66(108)45(19-16-25-75)81-56(96)36-79-72(63)114/h12-13,17-18,21-24,38-40,45-52,62-63,92H,5-11,14-16,19-20,25-37,75-76H2,1-4H3,(H2,77,94)(H,78,107)(H,79,114)(H,80,109)(H,81,96)(H,82,95)(H,83,97)(H,84,106)(H,85,110)(H,86,108)(H,87,111)(H,88,115)(H,89,113)(H,90,112)(H,98,99)(H,100,101)(H,102,103)(H,104,105)/t38-,39+,40+,45-,46-,47-,48-,49-,50-,51-,52+,62-,63-/m0/s1. The number of carboxylic acids is 4. The number of carbonyl (C=O) groups is 20. The van der Waals surface area contributed by atoms with E-state index in [1.165, 1.54) is 24.3 Å². The van der Waals surface area contributed by atoms with E-state index in [1.54, 1.807) is 12.1 Å². The molecule has 644 valence electrons. The second kappa shape index (κ2) is 49.4. The number of aliphatic hydroxyl groups excluding tert-OH is 1. The molecule has 43 heteroatoms. The van der Waals surface area contributed by atoms with Crippen LogP contribution in [-0.2, 0) is 102 Å². The molecular formula is C74H107N17O26. The van der Waals surface area contributed by atoms with Crippen LogP contribution in [0.2, 0.25) is 0 Å². The molecule has 43 nitrogen and oxygen atoms in total. The molecule has 2 aromatic carbocycles. The van der Waals surface area contributed by atoms with Crippen LogP contribution in [0.25, 0.3) is 0 Å². The Morgan fingerprint density at radius 3 is 1.65 bits per heavy atom. The highest BCUT2D eigenvalue weighted by Gasteiger charge is 2.41. The number of carboxylic acid groups (broad SMARTS) is 4. The summed E-state index contributed by atoms with van der Waals surface area (Å²) >= 11 is 0. The van der Waals surface area contributed by atoms with Gasteiger partial charge in [-0.1, -0.05) is 76.6 Å². The number of nitrogens with one attached hydrogen (secondary N) is 13. The zero-order chi connectivity index (χ0) is 87.2. The predicted molar refractivity (Wildman–Crippen MR) is 410 cm³/mol. The molecule has 2 heterocycles. The monoisotopic (exact) mass is 1650 g/mol. The van der Waals surface area contributed by atoms with E-state index in [1.807, 2.05) is 28.1 Å². The summed E-state index contributed by atoms with van der Waals surface area (Å²) in [6, 6.07) is -10.3. The Balaban J connectivity index is 1.87. The predicted octanol–water partition coefficient (Wildman–Crippen LogP) is -5.50. The number of primary amides is 1. The second-order valence-corrected chi connectivity index (χ2v) is 28.2. The number of anilines is 2. The fourth-order valence-electron chi connectivity index (χ4n) is 12.3. The average molecular weight is 1650 g/mol. The second-order valence-electron chi connectivity index (χ2n) is 28.2. The Kier molecular flexibility index (Phi) is 40.9. The van der Waals surface area contributed by atoms with Crippen LogP contribution in [-0.4, -0.2) is 256 Å². The van der Waals surface area contributed by atoms with Crippen molar-refractivity contribution in [2.45, 2.75) is 222 Å². The molecule has 2 saturated heterocycles. The number of esters is 1. The number of hydrogen-bond donors (Lipinski definition) is 21. The molecule has 117 heavy (non-hydrogen) atoms. The van der Waals surface area contributed by atoms with Crippen LogP contribution < -0.4 is 91.2 Å². The number of ether oxygens (including phenoxy) is 1. The number of nitrogens with zero attached hydrogens (tertiary/aromatic N) is 1. The van der Waals surface area contributed by atoms with Crippen LogP contribution in [0.3, 0.4) is 0 Å². The van der Waals surface area contributed by atoms with Gasteiger partial charge in [-0.3, -0.25) is 91.1 Å². The lowest BCUT2D eigenvalue weighted by atomic mass is 9.96. The first-order chi connectivity index (χ1) is 55.3. The van der Waals surface area contributed by atoms with Crippen molar-refractivity contribution in [2.75, 3.05) is 50.0 Å². The molecule has 0 aromatic heterocycles. The number of aliphatic hydroxyl groups is 1. The van der Waals surface area contributed by atoms with E-state index in [9.17, 15) is 121 Å². The van der Waals surface area contributed by atoms with Crippen molar-refractivity contribution in [1.29, 1.82) is 0 Å². The van der Waals surface area contributed by atoms with Gasteiger partial charge in [0.05, 0.1) is 51.8 Å². The number of amides is 14. The highest BCUT2D eigenvalue weighted by molar-refractivity contribution is 6.05. The van der Waals surface area contributed by atoms with E-state index in [-0.39, 0.29) is 37.1 Å². The SMILES string of the molecule is CCCCCCCCCC(=O)N[C@@H](Cc1ccc(N2CCCC2)cc1)C(=O)N[C@@H](CC(N)=O)C(=O)N[C@@H](CC(=O)O)C(=O)N[C@@H]1C(=O)NCC(=O)N[C@@H](CCCN)C(=O)N[C@@H](CC(=O)O)C(=O)N[C@H](C)C(=O)N[C@@H](CC(=O)O)C(=O)NCC(=O)N[C@H](CO)C(=O)N[C@@H]([C@@H](C)CC(=O)O)C(=O)N[C@@H](CC(=O)c2ccccc2N)C(=O)O[C@@H]1C. The Bertz CT molecular complexity index is 3900. The summed E-state index contributed by atoms with van der Waals surface area (Å²) in [5.74, 6) is -29.6. The van der Waals surface area contributed by atoms with Crippen LogP contribution in [0.15, 0.2) is 48.5 Å². The minimum Gasteiger partial charge on any atom is -0.481 e. The van der Waals surface area contributed by atoms with Gasteiger partial charge >= 0.3 is 29.8 Å². The number of carbonyl (C=O) groups excluding carboxylic acids is 16. The molecule has 0 unspecified atom stereocenters. The van der Waals surface area contributed by atoms with Crippen LogP contribution in [0.1, 0.15) is 159 Å². The van der Waals surface area contributed by atoms with Crippen molar-refractivity contribution in [3.63, 3.8) is 0 Å². The van der Waals surface area contributed by atoms with E-state index in [0.717, 1.165) is 84.5 Å². The number of nitrogens with two attached hydrogens (primary N) is 3. The zero-order valence-electron chi connectivity index (χ0n) is 65.3. The number of cyclic esters (lactones) is 1. The number of ketones is 1. The van der Waals surface area contributed by atoms with Gasteiger partial charge in [-0.25, -0.2) is 4.79 Å². The van der Waals surface area contributed by atoms with Crippen molar-refractivity contribution < 1.29 is 126 Å². The Labute approximate surface area is 671 Å². The van der Waals surface area contributed by atoms with Gasteiger partial charge in [-0.2, -0.15) is 0 Å². The number of Topliss-reactive ketones (excluding diaryl/α,β-unsaturated/α-hetero) is 1. The Morgan fingerprint density at radius 2 is 1.08 bits per heavy atom. The number of rotatable bonds is 36. The summed E-state index contributed by atoms with van der Waals surface area (Å²) in [4.78, 5) is 276. The lowest BCUT2D eigenvalue weighted by Crippen LogP contribution is -2.62.